The van der Waals surface area contributed by atoms with Gasteiger partial charge in [-0.05, 0) is 55.9 Å². The third-order valence-electron chi connectivity index (χ3n) is 7.03. The molecule has 0 aliphatic carbocycles. The van der Waals surface area contributed by atoms with Crippen molar-refractivity contribution in [3.8, 4) is 11.5 Å². The molecule has 4 aromatic rings. The summed E-state index contributed by atoms with van der Waals surface area (Å²) in [7, 11) is 2.19. The molecular formula is C29H30N10O. The Morgan fingerprint density at radius 1 is 1.00 bits per heavy atom. The monoisotopic (exact) mass is 534 g/mol. The van der Waals surface area contributed by atoms with Crippen molar-refractivity contribution in [3.63, 3.8) is 0 Å². The Balaban J connectivity index is 1.23. The fraction of sp³-hybridized carbons (Fsp3) is 0.241. The highest BCUT2D eigenvalue weighted by Gasteiger charge is 2.43. The van der Waals surface area contributed by atoms with Gasteiger partial charge in [-0.2, -0.15) is 4.98 Å². The summed E-state index contributed by atoms with van der Waals surface area (Å²) >= 11 is 0. The van der Waals surface area contributed by atoms with Crippen LogP contribution in [0.3, 0.4) is 0 Å². The average Bonchev–Trinajstić information content (AvgIpc) is 2.97. The van der Waals surface area contributed by atoms with Crippen LogP contribution >= 0.6 is 0 Å². The van der Waals surface area contributed by atoms with E-state index in [0.717, 1.165) is 18.8 Å². The number of carbonyl (C=O) groups excluding carboxylic acids is 1. The zero-order valence-corrected chi connectivity index (χ0v) is 22.2. The van der Waals surface area contributed by atoms with Crippen molar-refractivity contribution in [2.24, 2.45) is 0 Å². The molecule has 2 atom stereocenters. The maximum atomic E-state index is 12.9. The molecule has 2 saturated heterocycles. The van der Waals surface area contributed by atoms with E-state index < -0.39 is 0 Å². The number of carbonyl (C=O) groups is 1. The van der Waals surface area contributed by atoms with Gasteiger partial charge in [-0.3, -0.25) is 4.79 Å². The molecule has 3 aromatic heterocycles. The van der Waals surface area contributed by atoms with E-state index in [2.05, 4.69) is 76.4 Å². The number of likely N-dealkylation sites (N-methyl/N-ethyl adjacent to an activating group) is 1. The summed E-state index contributed by atoms with van der Waals surface area (Å²) in [4.78, 5) is 40.0. The van der Waals surface area contributed by atoms with Crippen LogP contribution in [0.1, 0.15) is 16.8 Å². The lowest BCUT2D eigenvalue weighted by molar-refractivity contribution is 0.0958. The van der Waals surface area contributed by atoms with Gasteiger partial charge in [0.1, 0.15) is 22.9 Å². The number of pyridine rings is 1. The normalized spacial score (nSPS) is 18.0. The molecule has 0 saturated carbocycles. The third kappa shape index (κ3) is 5.32. The first-order chi connectivity index (χ1) is 19.6. The van der Waals surface area contributed by atoms with Gasteiger partial charge in [0.25, 0.3) is 5.91 Å². The van der Waals surface area contributed by atoms with E-state index in [1.807, 2.05) is 24.3 Å². The van der Waals surface area contributed by atoms with E-state index in [9.17, 15) is 4.79 Å². The number of anilines is 5. The molecule has 40 heavy (non-hydrogen) atoms. The van der Waals surface area contributed by atoms with Gasteiger partial charge in [0, 0.05) is 61.7 Å². The van der Waals surface area contributed by atoms with Crippen LogP contribution < -0.4 is 20.9 Å². The van der Waals surface area contributed by atoms with E-state index in [4.69, 9.17) is 0 Å². The van der Waals surface area contributed by atoms with Crippen molar-refractivity contribution in [1.29, 1.82) is 0 Å². The van der Waals surface area contributed by atoms with Gasteiger partial charge < -0.3 is 25.8 Å². The average molecular weight is 535 g/mol. The Hall–Kier alpha value is -4.90. The number of likely N-dealkylation sites (tertiary alicyclic amines) is 1. The Morgan fingerprint density at radius 3 is 2.52 bits per heavy atom. The highest BCUT2D eigenvalue weighted by molar-refractivity contribution is 5.99. The number of amides is 1. The van der Waals surface area contributed by atoms with Crippen molar-refractivity contribution >= 4 is 34.9 Å². The van der Waals surface area contributed by atoms with Crippen LogP contribution in [0.2, 0.25) is 0 Å². The van der Waals surface area contributed by atoms with Crippen molar-refractivity contribution < 1.29 is 4.79 Å². The molecule has 0 spiro atoms. The van der Waals surface area contributed by atoms with Gasteiger partial charge in [0.15, 0.2) is 5.82 Å². The largest absolute Gasteiger partial charge is 0.363 e. The van der Waals surface area contributed by atoms with Gasteiger partial charge in [0.05, 0.1) is 0 Å². The molecule has 2 aliphatic rings. The highest BCUT2D eigenvalue weighted by atomic mass is 16.1. The molecule has 202 valence electrons. The summed E-state index contributed by atoms with van der Waals surface area (Å²) < 4.78 is 0. The number of benzene rings is 1. The number of rotatable bonds is 9. The molecule has 3 N–H and O–H groups in total. The van der Waals surface area contributed by atoms with Crippen LogP contribution in [-0.4, -0.2) is 74.5 Å². The number of piperazine rings is 1. The summed E-state index contributed by atoms with van der Waals surface area (Å²) in [6, 6.07) is 16.7. The van der Waals surface area contributed by atoms with E-state index in [0.29, 0.717) is 47.7 Å². The molecule has 11 nitrogen and oxygen atoms in total. The number of fused-ring (bicyclic) bond motifs is 2. The van der Waals surface area contributed by atoms with Crippen molar-refractivity contribution in [1.82, 2.24) is 35.1 Å². The summed E-state index contributed by atoms with van der Waals surface area (Å²) in [6.07, 6.45) is 7.69. The minimum atomic E-state index is -0.327. The summed E-state index contributed by atoms with van der Waals surface area (Å²) in [5.41, 5.74) is 2.95. The number of nitrogens with one attached hydrogen (secondary N) is 3. The second-order valence-corrected chi connectivity index (χ2v) is 9.90. The van der Waals surface area contributed by atoms with Gasteiger partial charge in [0.2, 0.25) is 5.95 Å². The molecule has 2 unspecified atom stereocenters. The van der Waals surface area contributed by atoms with Crippen LogP contribution in [0.25, 0.3) is 11.5 Å². The predicted octanol–water partition coefficient (Wildman–Crippen LogP) is 3.62. The van der Waals surface area contributed by atoms with Crippen LogP contribution in [-0.2, 0) is 0 Å². The molecule has 0 radical (unpaired) electrons. The quantitative estimate of drug-likeness (QED) is 0.274. The summed E-state index contributed by atoms with van der Waals surface area (Å²) in [5.74, 6) is 1.32. The zero-order valence-electron chi connectivity index (χ0n) is 22.2. The summed E-state index contributed by atoms with van der Waals surface area (Å²) in [5, 5.41) is 9.22. The van der Waals surface area contributed by atoms with Crippen molar-refractivity contribution in [2.45, 2.75) is 18.5 Å². The second-order valence-electron chi connectivity index (χ2n) is 9.90. The molecule has 5 heterocycles. The highest BCUT2D eigenvalue weighted by Crippen LogP contribution is 2.37. The summed E-state index contributed by atoms with van der Waals surface area (Å²) in [6.45, 7) is 6.18. The van der Waals surface area contributed by atoms with Gasteiger partial charge in [-0.1, -0.05) is 12.1 Å². The van der Waals surface area contributed by atoms with E-state index in [1.54, 1.807) is 30.6 Å². The van der Waals surface area contributed by atoms with Gasteiger partial charge in [-0.25, -0.2) is 19.9 Å². The molecular weight excluding hydrogens is 504 g/mol. The van der Waals surface area contributed by atoms with Gasteiger partial charge >= 0.3 is 0 Å². The van der Waals surface area contributed by atoms with Crippen molar-refractivity contribution in [3.05, 3.63) is 85.3 Å². The van der Waals surface area contributed by atoms with Crippen LogP contribution in [0, 0.1) is 0 Å². The molecule has 2 aliphatic heterocycles. The fourth-order valence-electron chi connectivity index (χ4n) is 5.23. The predicted molar refractivity (Wildman–Crippen MR) is 155 cm³/mol. The van der Waals surface area contributed by atoms with Crippen LogP contribution in [0.5, 0.6) is 0 Å². The van der Waals surface area contributed by atoms with E-state index in [1.165, 1.54) is 18.3 Å². The molecule has 11 heteroatoms. The second kappa shape index (κ2) is 11.1. The van der Waals surface area contributed by atoms with E-state index in [-0.39, 0.29) is 11.5 Å². The molecule has 6 rings (SSSR count). The molecule has 2 bridgehead atoms. The minimum absolute atomic E-state index is 0.278. The number of piperidine rings is 1. The SMILES string of the molecule is C=CCNC(=O)c1cnc(Nc2ccc(N3C4CC3CN(C)C4)cc2)nc1Nc1cccc(-c2ncccn2)n1. The number of aromatic nitrogens is 5. The first-order valence-corrected chi connectivity index (χ1v) is 13.2. The fourth-order valence-corrected chi connectivity index (χ4v) is 5.23. The lowest BCUT2D eigenvalue weighted by atomic mass is 9.87. The third-order valence-corrected chi connectivity index (χ3v) is 7.03. The Bertz CT molecular complexity index is 1500. The molecule has 2 fully saturated rings. The minimum Gasteiger partial charge on any atom is -0.363 e. The smallest absolute Gasteiger partial charge is 0.256 e. The standard InChI is InChI=1S/C29H30N10O/c1-3-12-32-28(40)23-16-33-29(34-19-8-10-20(11-9-19)39-21-15-22(39)18-38(2)17-21)37-26(23)36-25-7-4-6-24(35-25)27-30-13-5-14-31-27/h3-11,13-14,16,21-22H,1,12,15,17-18H2,2H3,(H,32,40)(H2,33,34,35,36,37). The molecule has 1 aromatic carbocycles. The Labute approximate surface area is 232 Å². The number of hydrogen-bond acceptors (Lipinski definition) is 10. The first kappa shape index (κ1) is 25.4. The maximum absolute atomic E-state index is 12.9. The molecule has 1 amide bonds. The zero-order chi connectivity index (χ0) is 27.5. The van der Waals surface area contributed by atoms with Crippen LogP contribution in [0.15, 0.2) is 79.8 Å². The Kier molecular flexibility index (Phi) is 7.02. The lowest BCUT2D eigenvalue weighted by Crippen LogP contribution is -2.68. The first-order valence-electron chi connectivity index (χ1n) is 13.2. The lowest BCUT2D eigenvalue weighted by Gasteiger charge is -2.57. The Morgan fingerprint density at radius 2 is 1.77 bits per heavy atom. The van der Waals surface area contributed by atoms with Crippen LogP contribution in [0.4, 0.5) is 29.0 Å². The van der Waals surface area contributed by atoms with E-state index >= 15 is 0 Å². The number of nitrogens with zero attached hydrogens (tertiary/aromatic N) is 7. The van der Waals surface area contributed by atoms with Gasteiger partial charge in [-0.15, -0.1) is 6.58 Å². The van der Waals surface area contributed by atoms with Crippen molar-refractivity contribution in [2.75, 3.05) is 42.2 Å². The topological polar surface area (TPSA) is 124 Å². The number of hydrogen-bond donors (Lipinski definition) is 3. The maximum Gasteiger partial charge on any atom is 0.256 e.